The molecule has 86 valence electrons. The molecule has 0 aliphatic heterocycles. The summed E-state index contributed by atoms with van der Waals surface area (Å²) in [4.78, 5) is 5.33. The molecule has 0 atom stereocenters. The van der Waals surface area contributed by atoms with E-state index in [1.807, 2.05) is 40.9 Å². The molecule has 0 bridgehead atoms. The van der Waals surface area contributed by atoms with Gasteiger partial charge in [-0.15, -0.1) is 0 Å². The van der Waals surface area contributed by atoms with Crippen molar-refractivity contribution in [2.45, 2.75) is 0 Å². The van der Waals surface area contributed by atoms with Gasteiger partial charge in [-0.1, -0.05) is 6.07 Å². The van der Waals surface area contributed by atoms with Crippen molar-refractivity contribution in [2.75, 3.05) is 0 Å². The molecule has 0 N–H and O–H groups in total. The maximum absolute atomic E-state index is 8.73. The average molecular weight is 252 g/mol. The third kappa shape index (κ3) is 1.90. The second kappa shape index (κ2) is 4.43. The largest absolute Gasteiger partial charge is 0.275 e. The fraction of sp³-hybridized carbons (Fsp3) is 0. The molecule has 0 aliphatic carbocycles. The number of nitrogens with zero attached hydrogens (tertiary/aromatic N) is 4. The molecule has 5 heteroatoms. The Hall–Kier alpha value is -2.45. The van der Waals surface area contributed by atoms with Crippen LogP contribution in [0.3, 0.4) is 0 Å². The highest BCUT2D eigenvalue weighted by atomic mass is 32.1. The van der Waals surface area contributed by atoms with Crippen LogP contribution in [0.2, 0.25) is 0 Å². The van der Waals surface area contributed by atoms with E-state index in [1.54, 1.807) is 12.1 Å². The summed E-state index contributed by atoms with van der Waals surface area (Å²) in [5.41, 5.74) is 2.33. The van der Waals surface area contributed by atoms with Gasteiger partial charge in [0.2, 0.25) is 4.80 Å². The molecule has 3 aromatic rings. The molecule has 2 aromatic heterocycles. The number of pyridine rings is 1. The van der Waals surface area contributed by atoms with Crippen LogP contribution in [-0.4, -0.2) is 8.77 Å². The highest BCUT2D eigenvalue weighted by molar-refractivity contribution is 7.03. The number of aromatic nitrogens is 2. The molecule has 0 radical (unpaired) electrons. The average Bonchev–Trinajstić information content (AvgIpc) is 2.83. The Labute approximate surface area is 107 Å². The summed E-state index contributed by atoms with van der Waals surface area (Å²) in [6.45, 7) is 0. The topological polar surface area (TPSA) is 53.5 Å². The summed E-state index contributed by atoms with van der Waals surface area (Å²) >= 11 is 1.35. The van der Waals surface area contributed by atoms with Crippen molar-refractivity contribution < 1.29 is 0 Å². The van der Waals surface area contributed by atoms with Gasteiger partial charge in [-0.05, 0) is 36.4 Å². The van der Waals surface area contributed by atoms with Gasteiger partial charge in [0.25, 0.3) is 0 Å². The fourth-order valence-electron chi connectivity index (χ4n) is 1.60. The van der Waals surface area contributed by atoms with Gasteiger partial charge in [0.15, 0.2) is 5.65 Å². The van der Waals surface area contributed by atoms with E-state index in [0.717, 1.165) is 16.1 Å². The Morgan fingerprint density at radius 2 is 2.00 bits per heavy atom. The summed E-state index contributed by atoms with van der Waals surface area (Å²) in [5, 5.41) is 8.73. The van der Waals surface area contributed by atoms with Crippen molar-refractivity contribution in [3.8, 4) is 6.07 Å². The molecule has 0 unspecified atom stereocenters. The van der Waals surface area contributed by atoms with Gasteiger partial charge >= 0.3 is 0 Å². The third-order valence-corrected chi connectivity index (χ3v) is 3.22. The normalized spacial score (nSPS) is 11.6. The highest BCUT2D eigenvalue weighted by Crippen LogP contribution is 2.12. The van der Waals surface area contributed by atoms with Crippen LogP contribution in [0.15, 0.2) is 53.7 Å². The SMILES string of the molecule is N#Cc1ccc(/N=c2\snc3ccccn23)cc1. The fourth-order valence-corrected chi connectivity index (χ4v) is 2.31. The highest BCUT2D eigenvalue weighted by Gasteiger charge is 1.97. The lowest BCUT2D eigenvalue weighted by molar-refractivity contribution is 1.09. The van der Waals surface area contributed by atoms with Crippen molar-refractivity contribution in [2.24, 2.45) is 4.99 Å². The molecule has 18 heavy (non-hydrogen) atoms. The van der Waals surface area contributed by atoms with Crippen LogP contribution in [0.5, 0.6) is 0 Å². The van der Waals surface area contributed by atoms with Crippen molar-refractivity contribution in [3.63, 3.8) is 0 Å². The predicted octanol–water partition coefficient (Wildman–Crippen LogP) is 2.50. The van der Waals surface area contributed by atoms with E-state index in [0.29, 0.717) is 5.56 Å². The maximum Gasteiger partial charge on any atom is 0.213 e. The molecule has 0 saturated heterocycles. The summed E-state index contributed by atoms with van der Waals surface area (Å²) in [6.07, 6.45) is 1.93. The van der Waals surface area contributed by atoms with Gasteiger partial charge in [-0.25, -0.2) is 4.99 Å². The van der Waals surface area contributed by atoms with Gasteiger partial charge < -0.3 is 0 Å². The van der Waals surface area contributed by atoms with E-state index in [4.69, 9.17) is 5.26 Å². The van der Waals surface area contributed by atoms with Crippen molar-refractivity contribution >= 4 is 22.9 Å². The molecular weight excluding hydrogens is 244 g/mol. The maximum atomic E-state index is 8.73. The summed E-state index contributed by atoms with van der Waals surface area (Å²) in [6, 6.07) is 15.1. The lowest BCUT2D eigenvalue weighted by Gasteiger charge is -1.93. The Morgan fingerprint density at radius 1 is 1.17 bits per heavy atom. The van der Waals surface area contributed by atoms with E-state index >= 15 is 0 Å². The van der Waals surface area contributed by atoms with Gasteiger partial charge in [0, 0.05) is 17.7 Å². The van der Waals surface area contributed by atoms with Crippen LogP contribution >= 0.6 is 11.5 Å². The van der Waals surface area contributed by atoms with Crippen LogP contribution in [0.1, 0.15) is 5.56 Å². The van der Waals surface area contributed by atoms with Gasteiger partial charge in [0.05, 0.1) is 17.3 Å². The molecule has 4 nitrogen and oxygen atoms in total. The summed E-state index contributed by atoms with van der Waals surface area (Å²) in [5.74, 6) is 0. The molecule has 2 heterocycles. The van der Waals surface area contributed by atoms with Crippen LogP contribution < -0.4 is 4.80 Å². The first-order valence-electron chi connectivity index (χ1n) is 5.35. The predicted molar refractivity (Wildman–Crippen MR) is 69.4 cm³/mol. The number of hydrogen-bond donors (Lipinski definition) is 0. The lowest BCUT2D eigenvalue weighted by atomic mass is 10.2. The van der Waals surface area contributed by atoms with Crippen LogP contribution in [0, 0.1) is 11.3 Å². The molecule has 0 aliphatic rings. The van der Waals surface area contributed by atoms with E-state index in [9.17, 15) is 0 Å². The second-order valence-corrected chi connectivity index (χ2v) is 4.39. The summed E-state index contributed by atoms with van der Waals surface area (Å²) in [7, 11) is 0. The van der Waals surface area contributed by atoms with Crippen LogP contribution in [0.25, 0.3) is 5.65 Å². The minimum Gasteiger partial charge on any atom is -0.275 e. The minimum absolute atomic E-state index is 0.635. The third-order valence-electron chi connectivity index (χ3n) is 2.49. The van der Waals surface area contributed by atoms with Gasteiger partial charge in [-0.3, -0.25) is 4.40 Å². The summed E-state index contributed by atoms with van der Waals surface area (Å²) < 4.78 is 6.24. The molecule has 1 aromatic carbocycles. The monoisotopic (exact) mass is 252 g/mol. The standard InChI is InChI=1S/C13H8N4S/c14-9-10-4-6-11(7-5-10)15-13-17-8-2-1-3-12(17)16-18-13/h1-8H/b15-13-. The van der Waals surface area contributed by atoms with Gasteiger partial charge in [-0.2, -0.15) is 9.64 Å². The Kier molecular flexibility index (Phi) is 2.63. The van der Waals surface area contributed by atoms with E-state index < -0.39 is 0 Å². The number of benzene rings is 1. The minimum atomic E-state index is 0.635. The molecular formula is C13H8N4S. The molecule has 0 spiro atoms. The van der Waals surface area contributed by atoms with Gasteiger partial charge in [0.1, 0.15) is 0 Å². The zero-order valence-corrected chi connectivity index (χ0v) is 10.1. The molecule has 0 fully saturated rings. The lowest BCUT2D eigenvalue weighted by Crippen LogP contribution is -2.04. The Morgan fingerprint density at radius 3 is 2.78 bits per heavy atom. The zero-order valence-electron chi connectivity index (χ0n) is 9.32. The van der Waals surface area contributed by atoms with E-state index in [-0.39, 0.29) is 0 Å². The number of nitriles is 1. The van der Waals surface area contributed by atoms with Crippen molar-refractivity contribution in [1.29, 1.82) is 5.26 Å². The first-order valence-corrected chi connectivity index (χ1v) is 6.12. The number of rotatable bonds is 1. The zero-order chi connectivity index (χ0) is 12.4. The van der Waals surface area contributed by atoms with E-state index in [2.05, 4.69) is 15.4 Å². The smallest absolute Gasteiger partial charge is 0.213 e. The first kappa shape index (κ1) is 10.7. The number of hydrogen-bond acceptors (Lipinski definition) is 4. The Bertz CT molecular complexity index is 790. The second-order valence-electron chi connectivity index (χ2n) is 3.66. The first-order chi connectivity index (χ1) is 8.86. The van der Waals surface area contributed by atoms with Crippen molar-refractivity contribution in [3.05, 3.63) is 59.0 Å². The molecule has 0 saturated carbocycles. The molecule has 0 amide bonds. The van der Waals surface area contributed by atoms with Crippen LogP contribution in [-0.2, 0) is 0 Å². The Balaban J connectivity index is 2.13. The van der Waals surface area contributed by atoms with E-state index in [1.165, 1.54) is 11.5 Å². The number of fused-ring (bicyclic) bond motifs is 1. The van der Waals surface area contributed by atoms with Crippen LogP contribution in [0.4, 0.5) is 5.69 Å². The quantitative estimate of drug-likeness (QED) is 0.668. The van der Waals surface area contributed by atoms with Crippen molar-refractivity contribution in [1.82, 2.24) is 8.77 Å². The molecule has 3 rings (SSSR count).